The summed E-state index contributed by atoms with van der Waals surface area (Å²) in [5.41, 5.74) is 6.46. The van der Waals surface area contributed by atoms with Gasteiger partial charge in [-0.3, -0.25) is 14.7 Å². The molecule has 0 spiro atoms. The largest absolute Gasteiger partial charge is 0.283 e. The van der Waals surface area contributed by atoms with Crippen molar-refractivity contribution in [2.24, 2.45) is 0 Å². The average Bonchev–Trinajstić information content (AvgIpc) is 3.11. The number of thiazole rings is 1. The van der Waals surface area contributed by atoms with Crippen LogP contribution in [0.15, 0.2) is 60.9 Å². The highest BCUT2D eigenvalue weighted by atomic mass is 32.1. The predicted octanol–water partition coefficient (Wildman–Crippen LogP) is 5.39. The van der Waals surface area contributed by atoms with Gasteiger partial charge in [0, 0.05) is 12.4 Å². The number of carbonyl (C=O) groups is 1. The van der Waals surface area contributed by atoms with Crippen LogP contribution in [-0.2, 0) is 17.8 Å². The van der Waals surface area contributed by atoms with Gasteiger partial charge in [0.2, 0.25) is 5.91 Å². The molecule has 2 aromatic heterocycles. The summed E-state index contributed by atoms with van der Waals surface area (Å²) >= 11 is 1.58. The Labute approximate surface area is 174 Å². The van der Waals surface area contributed by atoms with E-state index in [0.717, 1.165) is 32.0 Å². The summed E-state index contributed by atoms with van der Waals surface area (Å²) in [7, 11) is 0. The van der Waals surface area contributed by atoms with Crippen LogP contribution >= 0.6 is 11.3 Å². The van der Waals surface area contributed by atoms with E-state index in [-0.39, 0.29) is 5.91 Å². The summed E-state index contributed by atoms with van der Waals surface area (Å²) in [5.74, 6) is 0.0351. The molecule has 0 saturated carbocycles. The van der Waals surface area contributed by atoms with E-state index in [2.05, 4.69) is 37.0 Å². The van der Waals surface area contributed by atoms with Crippen LogP contribution in [-0.4, -0.2) is 15.9 Å². The molecule has 0 radical (unpaired) electrons. The van der Waals surface area contributed by atoms with Gasteiger partial charge in [0.05, 0.1) is 23.2 Å². The van der Waals surface area contributed by atoms with Gasteiger partial charge in [0.15, 0.2) is 5.13 Å². The quantitative estimate of drug-likeness (QED) is 0.450. The molecule has 0 bridgehead atoms. The number of fused-ring (bicyclic) bond motifs is 1. The van der Waals surface area contributed by atoms with Crippen LogP contribution in [0.1, 0.15) is 27.8 Å². The molecule has 0 saturated heterocycles. The number of carbonyl (C=O) groups excluding carboxylic acids is 1. The highest BCUT2D eigenvalue weighted by Crippen LogP contribution is 2.33. The molecular weight excluding hydrogens is 378 g/mol. The van der Waals surface area contributed by atoms with Gasteiger partial charge in [0.25, 0.3) is 0 Å². The zero-order valence-electron chi connectivity index (χ0n) is 16.8. The van der Waals surface area contributed by atoms with E-state index in [1.54, 1.807) is 28.6 Å². The summed E-state index contributed by atoms with van der Waals surface area (Å²) in [6, 6.07) is 16.2. The number of pyridine rings is 1. The number of benzene rings is 2. The minimum atomic E-state index is 0.0351. The van der Waals surface area contributed by atoms with Gasteiger partial charge < -0.3 is 0 Å². The normalized spacial score (nSPS) is 11.0. The summed E-state index contributed by atoms with van der Waals surface area (Å²) in [6.07, 6.45) is 3.89. The molecule has 4 aromatic rings. The Morgan fingerprint density at radius 3 is 2.59 bits per heavy atom. The van der Waals surface area contributed by atoms with Crippen molar-refractivity contribution >= 4 is 32.6 Å². The van der Waals surface area contributed by atoms with Crippen molar-refractivity contribution in [2.75, 3.05) is 4.90 Å². The summed E-state index contributed by atoms with van der Waals surface area (Å²) < 4.78 is 1.13. The first kappa shape index (κ1) is 19.3. The Morgan fingerprint density at radius 1 is 1.00 bits per heavy atom. The highest BCUT2D eigenvalue weighted by molar-refractivity contribution is 7.22. The fourth-order valence-corrected chi connectivity index (χ4v) is 4.54. The van der Waals surface area contributed by atoms with E-state index in [1.165, 1.54) is 11.1 Å². The number of nitrogens with zero attached hydrogens (tertiary/aromatic N) is 3. The van der Waals surface area contributed by atoms with Crippen LogP contribution in [0.4, 0.5) is 5.13 Å². The smallest absolute Gasteiger partial charge is 0.233 e. The van der Waals surface area contributed by atoms with Crippen LogP contribution < -0.4 is 4.90 Å². The Hall–Kier alpha value is -3.05. The maximum absolute atomic E-state index is 13.3. The number of aromatic nitrogens is 2. The number of anilines is 1. The standard InChI is InChI=1S/C24H23N3OS/c1-16-6-4-7-19(11-16)13-22(28)27(15-20-8-5-9-25-14-20)24-26-21-12-17(2)10-18(3)23(21)29-24/h4-12,14H,13,15H2,1-3H3. The van der Waals surface area contributed by atoms with E-state index < -0.39 is 0 Å². The molecule has 29 heavy (non-hydrogen) atoms. The SMILES string of the molecule is Cc1cccc(CC(=O)N(Cc2cccnc2)c2nc3cc(C)cc(C)c3s2)c1. The third-order valence-electron chi connectivity index (χ3n) is 4.84. The molecule has 2 aromatic carbocycles. The van der Waals surface area contributed by atoms with E-state index in [9.17, 15) is 4.79 Å². The molecule has 4 rings (SSSR count). The Bertz CT molecular complexity index is 1170. The number of amides is 1. The van der Waals surface area contributed by atoms with Crippen molar-refractivity contribution in [1.82, 2.24) is 9.97 Å². The fourth-order valence-electron chi connectivity index (χ4n) is 3.51. The van der Waals surface area contributed by atoms with Crippen LogP contribution in [0.3, 0.4) is 0 Å². The summed E-state index contributed by atoms with van der Waals surface area (Å²) in [4.78, 5) is 24.1. The zero-order valence-corrected chi connectivity index (χ0v) is 17.7. The molecule has 0 fully saturated rings. The molecule has 0 atom stereocenters. The van der Waals surface area contributed by atoms with Gasteiger partial charge in [-0.15, -0.1) is 0 Å². The predicted molar refractivity (Wildman–Crippen MR) is 119 cm³/mol. The third kappa shape index (κ3) is 4.35. The van der Waals surface area contributed by atoms with Crippen molar-refractivity contribution in [3.8, 4) is 0 Å². The van der Waals surface area contributed by atoms with E-state index in [4.69, 9.17) is 4.98 Å². The Morgan fingerprint density at radius 2 is 1.83 bits per heavy atom. The van der Waals surface area contributed by atoms with Crippen LogP contribution in [0, 0.1) is 20.8 Å². The van der Waals surface area contributed by atoms with Gasteiger partial charge >= 0.3 is 0 Å². The first-order chi connectivity index (χ1) is 14.0. The summed E-state index contributed by atoms with van der Waals surface area (Å²) in [6.45, 7) is 6.66. The van der Waals surface area contributed by atoms with Gasteiger partial charge in [0.1, 0.15) is 0 Å². The average molecular weight is 402 g/mol. The molecule has 0 aliphatic heterocycles. The maximum Gasteiger partial charge on any atom is 0.233 e. The first-order valence-corrected chi connectivity index (χ1v) is 10.4. The minimum Gasteiger partial charge on any atom is -0.283 e. The van der Waals surface area contributed by atoms with Crippen molar-refractivity contribution in [3.63, 3.8) is 0 Å². The maximum atomic E-state index is 13.3. The number of hydrogen-bond donors (Lipinski definition) is 0. The molecule has 0 unspecified atom stereocenters. The number of hydrogen-bond acceptors (Lipinski definition) is 4. The molecule has 2 heterocycles. The molecule has 5 heteroatoms. The molecule has 0 aliphatic carbocycles. The second-order valence-corrected chi connectivity index (χ2v) is 8.41. The molecule has 146 valence electrons. The minimum absolute atomic E-state index is 0.0351. The second kappa shape index (κ2) is 8.13. The number of aryl methyl sites for hydroxylation is 3. The van der Waals surface area contributed by atoms with Gasteiger partial charge in [-0.2, -0.15) is 0 Å². The lowest BCUT2D eigenvalue weighted by molar-refractivity contribution is -0.118. The lowest BCUT2D eigenvalue weighted by atomic mass is 10.1. The topological polar surface area (TPSA) is 46.1 Å². The highest BCUT2D eigenvalue weighted by Gasteiger charge is 2.21. The van der Waals surface area contributed by atoms with Crippen LogP contribution in [0.5, 0.6) is 0 Å². The zero-order chi connectivity index (χ0) is 20.4. The monoisotopic (exact) mass is 401 g/mol. The summed E-state index contributed by atoms with van der Waals surface area (Å²) in [5, 5.41) is 0.732. The Balaban J connectivity index is 1.72. The lowest BCUT2D eigenvalue weighted by Gasteiger charge is -2.20. The van der Waals surface area contributed by atoms with Crippen molar-refractivity contribution in [3.05, 3.63) is 88.7 Å². The lowest BCUT2D eigenvalue weighted by Crippen LogP contribution is -2.31. The second-order valence-electron chi connectivity index (χ2n) is 7.43. The van der Waals surface area contributed by atoms with Crippen molar-refractivity contribution in [1.29, 1.82) is 0 Å². The van der Waals surface area contributed by atoms with Crippen molar-refractivity contribution < 1.29 is 4.79 Å². The van der Waals surface area contributed by atoms with Crippen LogP contribution in [0.2, 0.25) is 0 Å². The van der Waals surface area contributed by atoms with Crippen molar-refractivity contribution in [2.45, 2.75) is 33.7 Å². The molecule has 0 aliphatic rings. The van der Waals surface area contributed by atoms with E-state index >= 15 is 0 Å². The first-order valence-electron chi connectivity index (χ1n) is 9.62. The van der Waals surface area contributed by atoms with Gasteiger partial charge in [-0.25, -0.2) is 4.98 Å². The molecule has 0 N–H and O–H groups in total. The molecule has 1 amide bonds. The van der Waals surface area contributed by atoms with E-state index in [1.807, 2.05) is 37.3 Å². The van der Waals surface area contributed by atoms with Gasteiger partial charge in [-0.1, -0.05) is 53.3 Å². The fraction of sp³-hybridized carbons (Fsp3) is 0.208. The van der Waals surface area contributed by atoms with E-state index in [0.29, 0.717) is 13.0 Å². The van der Waals surface area contributed by atoms with Crippen LogP contribution in [0.25, 0.3) is 10.2 Å². The Kier molecular flexibility index (Phi) is 5.41. The number of rotatable bonds is 5. The third-order valence-corrected chi connectivity index (χ3v) is 6.07. The van der Waals surface area contributed by atoms with Gasteiger partial charge in [-0.05, 0) is 55.2 Å². The molecule has 4 nitrogen and oxygen atoms in total. The molecular formula is C24H23N3OS.